The molecule has 0 aliphatic rings. The van der Waals surface area contributed by atoms with E-state index in [4.69, 9.17) is 4.74 Å². The lowest BCUT2D eigenvalue weighted by atomic mass is 10.0. The molecular weight excluding hydrogens is 839 g/mol. The lowest BCUT2D eigenvalue weighted by Crippen LogP contribution is -2.45. The van der Waals surface area contributed by atoms with Crippen molar-refractivity contribution >= 4 is 11.9 Å². The molecule has 0 heterocycles. The first-order valence-corrected chi connectivity index (χ1v) is 30.9. The number of amides is 1. The molecule has 0 bridgehead atoms. The summed E-state index contributed by atoms with van der Waals surface area (Å²) in [6, 6.07) is -0.556. The minimum Gasteiger partial charge on any atom is -0.466 e. The van der Waals surface area contributed by atoms with Crippen molar-refractivity contribution < 1.29 is 24.5 Å². The van der Waals surface area contributed by atoms with Gasteiger partial charge < -0.3 is 20.3 Å². The first-order valence-electron chi connectivity index (χ1n) is 30.9. The van der Waals surface area contributed by atoms with Crippen molar-refractivity contribution in [1.29, 1.82) is 0 Å². The minimum atomic E-state index is -0.677. The number of unbranched alkanes of at least 4 members (excludes halogenated alkanes) is 45. The van der Waals surface area contributed by atoms with E-state index >= 15 is 0 Å². The highest BCUT2D eigenvalue weighted by Crippen LogP contribution is 2.18. The van der Waals surface area contributed by atoms with Crippen molar-refractivity contribution in [2.24, 2.45) is 0 Å². The Morgan fingerprint density at radius 1 is 0.397 bits per heavy atom. The normalized spacial score (nSPS) is 12.6. The first kappa shape index (κ1) is 66.6. The van der Waals surface area contributed by atoms with Gasteiger partial charge in [0.05, 0.1) is 25.4 Å². The van der Waals surface area contributed by atoms with Crippen molar-refractivity contribution in [3.8, 4) is 0 Å². The maximum Gasteiger partial charge on any atom is 0.305 e. The summed E-state index contributed by atoms with van der Waals surface area (Å²) >= 11 is 0. The van der Waals surface area contributed by atoms with E-state index in [9.17, 15) is 19.8 Å². The van der Waals surface area contributed by atoms with Crippen LogP contribution in [0.5, 0.6) is 0 Å². The molecule has 0 saturated carbocycles. The van der Waals surface area contributed by atoms with Crippen LogP contribution in [0.2, 0.25) is 0 Å². The van der Waals surface area contributed by atoms with E-state index in [-0.39, 0.29) is 18.5 Å². The lowest BCUT2D eigenvalue weighted by molar-refractivity contribution is -0.143. The summed E-state index contributed by atoms with van der Waals surface area (Å²) < 4.78 is 5.48. The van der Waals surface area contributed by atoms with Crippen LogP contribution in [0.3, 0.4) is 0 Å². The van der Waals surface area contributed by atoms with Gasteiger partial charge in [0.15, 0.2) is 0 Å². The van der Waals surface area contributed by atoms with Crippen molar-refractivity contribution in [2.45, 2.75) is 360 Å². The summed E-state index contributed by atoms with van der Waals surface area (Å²) in [5, 5.41) is 23.4. The lowest BCUT2D eigenvalue weighted by Gasteiger charge is -2.22. The Morgan fingerprint density at radius 3 is 1.04 bits per heavy atom. The monoisotopic (exact) mass is 960 g/mol. The summed E-state index contributed by atoms with van der Waals surface area (Å²) in [6.07, 6.45) is 69.2. The third-order valence-corrected chi connectivity index (χ3v) is 14.6. The smallest absolute Gasteiger partial charge is 0.305 e. The number of carbonyl (C=O) groups is 2. The van der Waals surface area contributed by atoms with E-state index in [2.05, 4.69) is 31.3 Å². The average Bonchev–Trinajstić information content (AvgIpc) is 3.34. The van der Waals surface area contributed by atoms with Crippen molar-refractivity contribution in [3.63, 3.8) is 0 Å². The number of carbonyl (C=O) groups excluding carboxylic acids is 2. The van der Waals surface area contributed by atoms with E-state index in [1.807, 2.05) is 0 Å². The van der Waals surface area contributed by atoms with Gasteiger partial charge in [-0.15, -0.1) is 0 Å². The van der Waals surface area contributed by atoms with Gasteiger partial charge in [0.1, 0.15) is 0 Å². The second kappa shape index (κ2) is 58.2. The third kappa shape index (κ3) is 53.9. The molecule has 6 nitrogen and oxygen atoms in total. The second-order valence-electron chi connectivity index (χ2n) is 21.4. The van der Waals surface area contributed by atoms with E-state index in [1.54, 1.807) is 0 Å². The largest absolute Gasteiger partial charge is 0.466 e. The average molecular weight is 961 g/mol. The van der Waals surface area contributed by atoms with Crippen LogP contribution in [0.4, 0.5) is 0 Å². The van der Waals surface area contributed by atoms with Gasteiger partial charge in [-0.05, 0) is 51.4 Å². The fourth-order valence-corrected chi connectivity index (χ4v) is 9.81. The number of hydrogen-bond acceptors (Lipinski definition) is 5. The molecule has 1 amide bonds. The minimum absolute atomic E-state index is 0.0155. The standard InChI is InChI=1S/C62H121NO5/c1-3-5-7-9-11-13-15-17-19-21-22-23-24-25-26-28-29-31-34-38-42-46-50-54-60(65)59(58-64)63-61(66)55-51-47-43-39-35-33-37-41-45-49-53-57-68-62(67)56-52-48-44-40-36-32-30-27-20-18-16-14-12-10-8-6-4-2/h18,20,59-60,64-65H,3-17,19,21-58H2,1-2H3,(H,63,66)/b20-18-. The van der Waals surface area contributed by atoms with Crippen molar-refractivity contribution in [3.05, 3.63) is 12.2 Å². The maximum absolute atomic E-state index is 12.5. The Balaban J connectivity index is 3.44. The van der Waals surface area contributed by atoms with Crippen LogP contribution in [-0.2, 0) is 14.3 Å². The number of rotatable bonds is 58. The number of nitrogens with one attached hydrogen (secondary N) is 1. The molecule has 0 spiro atoms. The van der Waals surface area contributed by atoms with Gasteiger partial charge in [0.25, 0.3) is 0 Å². The molecule has 0 aromatic rings. The van der Waals surface area contributed by atoms with Gasteiger partial charge in [-0.3, -0.25) is 9.59 Å². The van der Waals surface area contributed by atoms with E-state index in [1.165, 1.54) is 257 Å². The van der Waals surface area contributed by atoms with Crippen LogP contribution in [0.25, 0.3) is 0 Å². The zero-order chi connectivity index (χ0) is 49.3. The van der Waals surface area contributed by atoms with Crippen LogP contribution in [0.15, 0.2) is 12.2 Å². The second-order valence-corrected chi connectivity index (χ2v) is 21.4. The molecule has 2 unspecified atom stereocenters. The SMILES string of the molecule is CCCCCCCC/C=C\CCCCCCCCCC(=O)OCCCCCCCCCCCCCC(=O)NC(CO)C(O)CCCCCCCCCCCCCCCCCCCCCCCCC. The topological polar surface area (TPSA) is 95.9 Å². The molecular formula is C62H121NO5. The summed E-state index contributed by atoms with van der Waals surface area (Å²) in [5.41, 5.74) is 0. The molecule has 0 aromatic heterocycles. The third-order valence-electron chi connectivity index (χ3n) is 14.6. The van der Waals surface area contributed by atoms with Gasteiger partial charge in [-0.25, -0.2) is 0 Å². The molecule has 68 heavy (non-hydrogen) atoms. The Bertz CT molecular complexity index is 1020. The van der Waals surface area contributed by atoms with Crippen LogP contribution in [0, 0.1) is 0 Å². The molecule has 6 heteroatoms. The predicted molar refractivity (Wildman–Crippen MR) is 297 cm³/mol. The Kier molecular flexibility index (Phi) is 57.0. The fraction of sp³-hybridized carbons (Fsp3) is 0.935. The van der Waals surface area contributed by atoms with Crippen LogP contribution in [0.1, 0.15) is 348 Å². The molecule has 0 aromatic carbocycles. The van der Waals surface area contributed by atoms with Gasteiger partial charge in [0, 0.05) is 12.8 Å². The predicted octanol–water partition coefficient (Wildman–Crippen LogP) is 19.2. The Morgan fingerprint density at radius 2 is 0.691 bits per heavy atom. The van der Waals surface area contributed by atoms with Crippen molar-refractivity contribution in [2.75, 3.05) is 13.2 Å². The highest BCUT2D eigenvalue weighted by molar-refractivity contribution is 5.76. The van der Waals surface area contributed by atoms with Crippen molar-refractivity contribution in [1.82, 2.24) is 5.32 Å². The highest BCUT2D eigenvalue weighted by atomic mass is 16.5. The molecule has 0 fully saturated rings. The Labute approximate surface area is 425 Å². The first-order chi connectivity index (χ1) is 33.5. The van der Waals surface area contributed by atoms with Gasteiger partial charge >= 0.3 is 5.97 Å². The number of aliphatic hydroxyl groups is 2. The molecule has 0 saturated heterocycles. The van der Waals surface area contributed by atoms with Gasteiger partial charge in [0.2, 0.25) is 5.91 Å². The van der Waals surface area contributed by atoms with Crippen LogP contribution < -0.4 is 5.32 Å². The molecule has 2 atom stereocenters. The van der Waals surface area contributed by atoms with Crippen LogP contribution in [-0.4, -0.2) is 47.4 Å². The highest BCUT2D eigenvalue weighted by Gasteiger charge is 2.20. The summed E-state index contributed by atoms with van der Waals surface area (Å²) in [4.78, 5) is 24.6. The zero-order valence-electron chi connectivity index (χ0n) is 46.1. The number of ether oxygens (including phenoxy) is 1. The summed E-state index contributed by atoms with van der Waals surface area (Å²) in [7, 11) is 0. The fourth-order valence-electron chi connectivity index (χ4n) is 9.81. The number of hydrogen-bond donors (Lipinski definition) is 3. The van der Waals surface area contributed by atoms with Gasteiger partial charge in [-0.1, -0.05) is 296 Å². The molecule has 0 aliphatic carbocycles. The van der Waals surface area contributed by atoms with Gasteiger partial charge in [-0.2, -0.15) is 0 Å². The summed E-state index contributed by atoms with van der Waals surface area (Å²) in [6.45, 7) is 4.94. The van der Waals surface area contributed by atoms with Crippen LogP contribution >= 0.6 is 0 Å². The molecule has 404 valence electrons. The molecule has 0 rings (SSSR count). The maximum atomic E-state index is 12.5. The van der Waals surface area contributed by atoms with E-state index in [0.29, 0.717) is 25.9 Å². The number of allylic oxidation sites excluding steroid dienone is 2. The molecule has 3 N–H and O–H groups in total. The molecule has 0 radical (unpaired) electrons. The van der Waals surface area contributed by atoms with E-state index in [0.717, 1.165) is 57.8 Å². The number of aliphatic hydroxyl groups excluding tert-OH is 2. The number of esters is 1. The van der Waals surface area contributed by atoms with E-state index < -0.39 is 12.1 Å². The quantitative estimate of drug-likeness (QED) is 0.0321. The molecule has 0 aliphatic heterocycles. The summed E-state index contributed by atoms with van der Waals surface area (Å²) in [5.74, 6) is -0.0652. The zero-order valence-corrected chi connectivity index (χ0v) is 46.1. The Hall–Kier alpha value is -1.40.